The van der Waals surface area contributed by atoms with Gasteiger partial charge in [0.1, 0.15) is 5.78 Å². The van der Waals surface area contributed by atoms with Crippen LogP contribution in [0.2, 0.25) is 5.02 Å². The normalized spacial score (nSPS) is 13.0. The van der Waals surface area contributed by atoms with E-state index in [0.717, 1.165) is 56.9 Å². The Morgan fingerprint density at radius 2 is 1.68 bits per heavy atom. The molecule has 0 aromatic heterocycles. The van der Waals surface area contributed by atoms with Crippen LogP contribution in [0, 0.1) is 5.92 Å². The highest BCUT2D eigenvalue weighted by Crippen LogP contribution is 2.43. The topological polar surface area (TPSA) is 57.6 Å². The molecule has 3 aromatic rings. The number of para-hydroxylation sites is 1. The van der Waals surface area contributed by atoms with E-state index in [0.29, 0.717) is 36.6 Å². The standard InChI is InChI=1S/C31H34ClNO3S/c1-4-23-26(18-28(32)24(5-2)27(23)19-31(35)36)25-14-13-22(37-3)17-29(25)33(21-9-7-6-8-10-21)16-15-30(34)20-11-12-20/h6-10,13-14,17-18,20H,4-5,11-12,15-16,19H2,1-3H3,(H,35,36). The number of anilines is 2. The molecule has 4 nitrogen and oxygen atoms in total. The van der Waals surface area contributed by atoms with E-state index in [1.54, 1.807) is 11.8 Å². The molecule has 0 amide bonds. The Balaban J connectivity index is 1.92. The molecule has 0 spiro atoms. The number of thioether (sulfide) groups is 1. The van der Waals surface area contributed by atoms with Gasteiger partial charge in [-0.1, -0.05) is 49.7 Å². The lowest BCUT2D eigenvalue weighted by Gasteiger charge is -2.29. The van der Waals surface area contributed by atoms with Crippen LogP contribution < -0.4 is 4.90 Å². The zero-order chi connectivity index (χ0) is 26.5. The molecule has 4 rings (SSSR count). The van der Waals surface area contributed by atoms with Crippen LogP contribution in [0.5, 0.6) is 0 Å². The van der Waals surface area contributed by atoms with E-state index in [1.807, 2.05) is 31.2 Å². The fraction of sp³-hybridized carbons (Fsp3) is 0.355. The van der Waals surface area contributed by atoms with Gasteiger partial charge in [0.15, 0.2) is 0 Å². The molecule has 1 saturated carbocycles. The number of carboxylic acids is 1. The van der Waals surface area contributed by atoms with Gasteiger partial charge in [-0.15, -0.1) is 11.8 Å². The van der Waals surface area contributed by atoms with Gasteiger partial charge in [-0.05, 0) is 84.5 Å². The molecule has 6 heteroatoms. The second kappa shape index (κ2) is 12.2. The average molecular weight is 536 g/mol. The fourth-order valence-electron chi connectivity index (χ4n) is 5.10. The third-order valence-corrected chi connectivity index (χ3v) is 8.18. The van der Waals surface area contributed by atoms with E-state index in [4.69, 9.17) is 11.6 Å². The summed E-state index contributed by atoms with van der Waals surface area (Å²) in [5, 5.41) is 10.3. The maximum absolute atomic E-state index is 12.7. The summed E-state index contributed by atoms with van der Waals surface area (Å²) in [6, 6.07) is 18.5. The van der Waals surface area contributed by atoms with Crippen LogP contribution in [0.15, 0.2) is 59.5 Å². The lowest BCUT2D eigenvalue weighted by atomic mass is 9.87. The first-order valence-corrected chi connectivity index (χ1v) is 14.6. The van der Waals surface area contributed by atoms with Crippen molar-refractivity contribution in [2.24, 2.45) is 5.92 Å². The predicted octanol–water partition coefficient (Wildman–Crippen LogP) is 7.99. The maximum Gasteiger partial charge on any atom is 0.307 e. The van der Waals surface area contributed by atoms with Gasteiger partial charge in [0.2, 0.25) is 0 Å². The van der Waals surface area contributed by atoms with Crippen LogP contribution in [0.1, 0.15) is 49.8 Å². The van der Waals surface area contributed by atoms with Crippen molar-refractivity contribution in [1.82, 2.24) is 0 Å². The number of aliphatic carboxylic acids is 1. The number of carboxylic acid groups (broad SMARTS) is 1. The molecule has 3 aromatic carbocycles. The number of hydrogen-bond acceptors (Lipinski definition) is 4. The monoisotopic (exact) mass is 535 g/mol. The molecule has 1 fully saturated rings. The van der Waals surface area contributed by atoms with E-state index in [1.165, 1.54) is 0 Å². The summed E-state index contributed by atoms with van der Waals surface area (Å²) in [7, 11) is 0. The molecule has 0 heterocycles. The highest BCUT2D eigenvalue weighted by molar-refractivity contribution is 7.98. The van der Waals surface area contributed by atoms with Crippen LogP contribution in [0.25, 0.3) is 11.1 Å². The van der Waals surface area contributed by atoms with Gasteiger partial charge >= 0.3 is 5.97 Å². The molecule has 0 bridgehead atoms. The number of nitrogens with zero attached hydrogens (tertiary/aromatic N) is 1. The third-order valence-electron chi connectivity index (χ3n) is 7.12. The summed E-state index contributed by atoms with van der Waals surface area (Å²) in [5.74, 6) is -0.308. The molecule has 37 heavy (non-hydrogen) atoms. The largest absolute Gasteiger partial charge is 0.481 e. The van der Waals surface area contributed by atoms with Crippen molar-refractivity contribution in [3.8, 4) is 11.1 Å². The minimum absolute atomic E-state index is 0.0591. The average Bonchev–Trinajstić information content (AvgIpc) is 3.75. The quantitative estimate of drug-likeness (QED) is 0.238. The van der Waals surface area contributed by atoms with Gasteiger partial charge in [0.25, 0.3) is 0 Å². The highest BCUT2D eigenvalue weighted by atomic mass is 35.5. The maximum atomic E-state index is 12.7. The molecule has 0 unspecified atom stereocenters. The number of ketones is 1. The minimum Gasteiger partial charge on any atom is -0.481 e. The van der Waals surface area contributed by atoms with Gasteiger partial charge in [-0.3, -0.25) is 9.59 Å². The molecular weight excluding hydrogens is 502 g/mol. The first-order chi connectivity index (χ1) is 17.9. The zero-order valence-electron chi connectivity index (χ0n) is 21.7. The van der Waals surface area contributed by atoms with E-state index in [-0.39, 0.29) is 12.3 Å². The number of rotatable bonds is 12. The summed E-state index contributed by atoms with van der Waals surface area (Å²) in [6.07, 6.45) is 5.86. The zero-order valence-corrected chi connectivity index (χ0v) is 23.3. The molecule has 1 aliphatic rings. The van der Waals surface area contributed by atoms with Crippen LogP contribution in [0.4, 0.5) is 11.4 Å². The van der Waals surface area contributed by atoms with Gasteiger partial charge in [0, 0.05) is 40.1 Å². The van der Waals surface area contributed by atoms with Crippen LogP contribution in [-0.4, -0.2) is 29.7 Å². The van der Waals surface area contributed by atoms with E-state index in [2.05, 4.69) is 48.4 Å². The van der Waals surface area contributed by atoms with Crippen molar-refractivity contribution >= 4 is 46.5 Å². The number of Topliss-reactive ketones (excluding diaryl/α,β-unsaturated/α-hetero) is 1. The van der Waals surface area contributed by atoms with Crippen LogP contribution in [-0.2, 0) is 28.9 Å². The first kappa shape index (κ1) is 27.3. The van der Waals surface area contributed by atoms with E-state index < -0.39 is 5.97 Å². The van der Waals surface area contributed by atoms with E-state index >= 15 is 0 Å². The Labute approximate surface area is 229 Å². The van der Waals surface area contributed by atoms with E-state index in [9.17, 15) is 14.7 Å². The predicted molar refractivity (Wildman–Crippen MR) is 155 cm³/mol. The number of halogens is 1. The van der Waals surface area contributed by atoms with Gasteiger partial charge in [0.05, 0.1) is 12.1 Å². The van der Waals surface area contributed by atoms with Crippen molar-refractivity contribution in [2.75, 3.05) is 17.7 Å². The summed E-state index contributed by atoms with van der Waals surface area (Å²) in [5.41, 5.74) is 6.70. The fourth-order valence-corrected chi connectivity index (χ4v) is 5.89. The van der Waals surface area contributed by atoms with Crippen LogP contribution >= 0.6 is 23.4 Å². The lowest BCUT2D eigenvalue weighted by Crippen LogP contribution is -2.22. The summed E-state index contributed by atoms with van der Waals surface area (Å²) in [4.78, 5) is 27.9. The van der Waals surface area contributed by atoms with Crippen molar-refractivity contribution < 1.29 is 14.7 Å². The number of hydrogen-bond donors (Lipinski definition) is 1. The third kappa shape index (κ3) is 6.22. The number of carbonyl (C=O) groups is 2. The minimum atomic E-state index is -0.861. The Morgan fingerprint density at radius 1 is 0.973 bits per heavy atom. The van der Waals surface area contributed by atoms with Gasteiger partial charge in [-0.25, -0.2) is 0 Å². The summed E-state index contributed by atoms with van der Waals surface area (Å²) < 4.78 is 0. The lowest BCUT2D eigenvalue weighted by molar-refractivity contribution is -0.136. The van der Waals surface area contributed by atoms with Crippen molar-refractivity contribution in [2.45, 2.75) is 57.3 Å². The molecule has 1 N–H and O–H groups in total. The van der Waals surface area contributed by atoms with Crippen LogP contribution in [0.3, 0.4) is 0 Å². The Kier molecular flexibility index (Phi) is 8.99. The SMILES string of the molecule is CCc1c(Cl)cc(-c2ccc(SC)cc2N(CCC(=O)C2CC2)c2ccccc2)c(CC)c1CC(=O)O. The number of carbonyl (C=O) groups excluding carboxylic acids is 1. The molecule has 0 atom stereocenters. The molecule has 0 aliphatic heterocycles. The Hall–Kier alpha value is -2.76. The Bertz CT molecular complexity index is 1290. The Morgan fingerprint density at radius 3 is 2.27 bits per heavy atom. The molecular formula is C31H34ClNO3S. The van der Waals surface area contributed by atoms with Crippen molar-refractivity contribution in [3.05, 3.63) is 76.3 Å². The molecule has 0 saturated heterocycles. The molecule has 194 valence electrons. The molecule has 1 aliphatic carbocycles. The number of benzene rings is 3. The summed E-state index contributed by atoms with van der Waals surface area (Å²) in [6.45, 7) is 4.66. The highest BCUT2D eigenvalue weighted by Gasteiger charge is 2.30. The van der Waals surface area contributed by atoms with Crippen molar-refractivity contribution in [3.63, 3.8) is 0 Å². The van der Waals surface area contributed by atoms with Crippen molar-refractivity contribution in [1.29, 1.82) is 0 Å². The first-order valence-electron chi connectivity index (χ1n) is 13.0. The van der Waals surface area contributed by atoms with Gasteiger partial charge in [-0.2, -0.15) is 0 Å². The smallest absolute Gasteiger partial charge is 0.307 e. The second-order valence-electron chi connectivity index (χ2n) is 9.48. The summed E-state index contributed by atoms with van der Waals surface area (Å²) >= 11 is 8.47. The van der Waals surface area contributed by atoms with Gasteiger partial charge < -0.3 is 10.0 Å². The molecule has 0 radical (unpaired) electrons. The second-order valence-corrected chi connectivity index (χ2v) is 10.8.